The van der Waals surface area contributed by atoms with Crippen molar-refractivity contribution in [1.29, 1.82) is 0 Å². The second kappa shape index (κ2) is 11.4. The first kappa shape index (κ1) is 27.3. The Hall–Kier alpha value is -3.70. The van der Waals surface area contributed by atoms with E-state index in [0.717, 1.165) is 0 Å². The molecule has 1 aliphatic heterocycles. The number of para-hydroxylation sites is 1. The quantitative estimate of drug-likeness (QED) is 0.286. The second-order valence-corrected chi connectivity index (χ2v) is 11.3. The Bertz CT molecular complexity index is 1460. The van der Waals surface area contributed by atoms with Gasteiger partial charge in [-0.05, 0) is 47.5 Å². The molecule has 38 heavy (non-hydrogen) atoms. The molecule has 2 atom stereocenters. The number of fused-ring (bicyclic) bond motifs is 1. The number of ether oxygens (including phenoxy) is 2. The van der Waals surface area contributed by atoms with Crippen molar-refractivity contribution >= 4 is 13.3 Å². The minimum atomic E-state index is -3.73. The Labute approximate surface area is 219 Å². The van der Waals surface area contributed by atoms with Crippen LogP contribution in [-0.2, 0) is 13.9 Å². The Morgan fingerprint density at radius 2 is 1.92 bits per heavy atom. The number of aromatic nitrogens is 1. The summed E-state index contributed by atoms with van der Waals surface area (Å²) < 4.78 is 43.4. The van der Waals surface area contributed by atoms with Crippen LogP contribution in [0.3, 0.4) is 0 Å². The number of nitrogens with zero attached hydrogens (tertiary/aromatic N) is 1. The van der Waals surface area contributed by atoms with Crippen LogP contribution in [0.25, 0.3) is 22.4 Å². The van der Waals surface area contributed by atoms with Gasteiger partial charge in [0.25, 0.3) is 7.37 Å². The van der Waals surface area contributed by atoms with Crippen molar-refractivity contribution in [2.45, 2.75) is 32.3 Å². The summed E-state index contributed by atoms with van der Waals surface area (Å²) in [4.78, 5) is 15.8. The van der Waals surface area contributed by atoms with Crippen molar-refractivity contribution < 1.29 is 38.0 Å². The molecule has 8 nitrogen and oxygen atoms in total. The summed E-state index contributed by atoms with van der Waals surface area (Å²) in [5.74, 6) is 2.37. The molecule has 0 fully saturated rings. The Morgan fingerprint density at radius 3 is 2.58 bits per heavy atom. The summed E-state index contributed by atoms with van der Waals surface area (Å²) in [5, 5.41) is 19.0. The minimum Gasteiger partial charge on any atom is -0.481 e. The molecule has 0 aliphatic carbocycles. The fourth-order valence-electron chi connectivity index (χ4n) is 4.09. The van der Waals surface area contributed by atoms with Gasteiger partial charge in [0, 0.05) is 18.2 Å². The lowest BCUT2D eigenvalue weighted by molar-refractivity contribution is -0.138. The van der Waals surface area contributed by atoms with Gasteiger partial charge in [0.2, 0.25) is 6.79 Å². The van der Waals surface area contributed by atoms with Gasteiger partial charge >= 0.3 is 5.97 Å². The predicted molar refractivity (Wildman–Crippen MR) is 140 cm³/mol. The molecule has 1 aliphatic rings. The van der Waals surface area contributed by atoms with Crippen molar-refractivity contribution in [2.24, 2.45) is 0 Å². The number of pyridine rings is 1. The van der Waals surface area contributed by atoms with Crippen LogP contribution < -0.4 is 9.47 Å². The summed E-state index contributed by atoms with van der Waals surface area (Å²) in [6, 6.07) is 13.2. The maximum Gasteiger partial charge on any atom is 0.305 e. The van der Waals surface area contributed by atoms with Crippen LogP contribution >= 0.6 is 7.37 Å². The first-order valence-corrected chi connectivity index (χ1v) is 13.7. The van der Waals surface area contributed by atoms with Gasteiger partial charge in [-0.2, -0.15) is 0 Å². The van der Waals surface area contributed by atoms with Crippen LogP contribution in [0.15, 0.2) is 48.5 Å². The average Bonchev–Trinajstić information content (AvgIpc) is 3.36. The predicted octanol–water partition coefficient (Wildman–Crippen LogP) is 5.48. The largest absolute Gasteiger partial charge is 0.481 e. The maximum absolute atomic E-state index is 13.8. The van der Waals surface area contributed by atoms with Gasteiger partial charge < -0.3 is 24.2 Å². The zero-order valence-corrected chi connectivity index (χ0v) is 22.0. The van der Waals surface area contributed by atoms with Gasteiger partial charge in [0.1, 0.15) is 5.82 Å². The number of rotatable bonds is 8. The SMILES string of the molecule is COP(=O)(C#Cc1c(-c2ccc(F)cc2)cc(-c2cccc3c2OCO3)nc1C(C)C)C[C@@H](O)CC(=O)O. The van der Waals surface area contributed by atoms with Gasteiger partial charge in [-0.15, -0.1) is 0 Å². The highest BCUT2D eigenvalue weighted by atomic mass is 31.2. The van der Waals surface area contributed by atoms with E-state index < -0.39 is 37.8 Å². The van der Waals surface area contributed by atoms with E-state index in [2.05, 4.69) is 11.6 Å². The van der Waals surface area contributed by atoms with E-state index in [1.807, 2.05) is 26.0 Å². The van der Waals surface area contributed by atoms with Crippen molar-refractivity contribution in [3.05, 3.63) is 65.6 Å². The number of aliphatic hydroxyl groups excluding tert-OH is 1. The van der Waals surface area contributed by atoms with Crippen LogP contribution in [0.1, 0.15) is 37.4 Å². The third kappa shape index (κ3) is 6.05. The molecule has 4 rings (SSSR count). The number of carboxylic acid groups (broad SMARTS) is 1. The van der Waals surface area contributed by atoms with Gasteiger partial charge in [0.05, 0.1) is 35.6 Å². The Kier molecular flexibility index (Phi) is 8.17. The Balaban J connectivity index is 1.90. The first-order valence-electron chi connectivity index (χ1n) is 11.9. The number of halogens is 1. The number of carbonyl (C=O) groups is 1. The van der Waals surface area contributed by atoms with E-state index in [4.69, 9.17) is 24.1 Å². The molecule has 1 aromatic heterocycles. The number of aliphatic carboxylic acids is 1. The van der Waals surface area contributed by atoms with Gasteiger partial charge in [-0.25, -0.2) is 4.39 Å². The van der Waals surface area contributed by atoms with Gasteiger partial charge in [0.15, 0.2) is 11.5 Å². The summed E-state index contributed by atoms with van der Waals surface area (Å²) >= 11 is 0. The van der Waals surface area contributed by atoms with Crippen molar-refractivity contribution in [3.63, 3.8) is 0 Å². The van der Waals surface area contributed by atoms with E-state index in [0.29, 0.717) is 45.1 Å². The standard InChI is InChI=1S/C28H27FNO7P/c1-17(2)27-21(11-12-38(34,35-3)15-20(31)13-26(32)33)23(18-7-9-19(29)10-8-18)14-24(30-27)22-5-4-6-25-28(22)37-16-36-25/h4-10,14,17,20,31H,13,15-16H2,1-3H3,(H,32,33)/t20-,38?/m0/s1. The summed E-state index contributed by atoms with van der Waals surface area (Å²) in [5.41, 5.74) is 6.30. The molecule has 1 unspecified atom stereocenters. The Morgan fingerprint density at radius 1 is 1.18 bits per heavy atom. The lowest BCUT2D eigenvalue weighted by Crippen LogP contribution is -2.17. The molecule has 0 saturated carbocycles. The number of hydrogen-bond acceptors (Lipinski definition) is 7. The highest BCUT2D eigenvalue weighted by molar-refractivity contribution is 7.64. The topological polar surface area (TPSA) is 115 Å². The molecular formula is C28H27FNO7P. The van der Waals surface area contributed by atoms with E-state index >= 15 is 0 Å². The molecule has 0 spiro atoms. The van der Waals surface area contributed by atoms with Crippen LogP contribution in [0.4, 0.5) is 4.39 Å². The average molecular weight is 539 g/mol. The molecule has 2 aromatic carbocycles. The third-order valence-corrected chi connectivity index (χ3v) is 7.87. The van der Waals surface area contributed by atoms with E-state index in [9.17, 15) is 18.9 Å². The molecule has 0 radical (unpaired) electrons. The number of benzene rings is 2. The molecule has 2 heterocycles. The molecule has 0 bridgehead atoms. The van der Waals surface area contributed by atoms with Crippen molar-refractivity contribution in [2.75, 3.05) is 20.1 Å². The lowest BCUT2D eigenvalue weighted by atomic mass is 9.92. The highest BCUT2D eigenvalue weighted by Gasteiger charge is 2.26. The van der Waals surface area contributed by atoms with Gasteiger partial charge in [-0.1, -0.05) is 38.0 Å². The van der Waals surface area contributed by atoms with Gasteiger partial charge in [-0.3, -0.25) is 14.3 Å². The molecule has 10 heteroatoms. The minimum absolute atomic E-state index is 0.0950. The molecule has 2 N–H and O–H groups in total. The number of hydrogen-bond donors (Lipinski definition) is 2. The van der Waals surface area contributed by atoms with Crippen LogP contribution in [0.5, 0.6) is 11.5 Å². The summed E-state index contributed by atoms with van der Waals surface area (Å²) in [6.07, 6.45) is -2.42. The van der Waals surface area contributed by atoms with E-state index in [-0.39, 0.29) is 12.7 Å². The van der Waals surface area contributed by atoms with Crippen molar-refractivity contribution in [3.8, 4) is 45.5 Å². The number of aliphatic hydroxyl groups is 1. The monoisotopic (exact) mass is 539 g/mol. The number of carboxylic acids is 1. The maximum atomic E-state index is 13.8. The smallest absolute Gasteiger partial charge is 0.305 e. The van der Waals surface area contributed by atoms with Crippen LogP contribution in [-0.4, -0.2) is 47.3 Å². The normalized spacial score (nSPS) is 14.5. The zero-order valence-electron chi connectivity index (χ0n) is 21.1. The zero-order chi connectivity index (χ0) is 27.4. The van der Waals surface area contributed by atoms with E-state index in [1.54, 1.807) is 24.3 Å². The summed E-state index contributed by atoms with van der Waals surface area (Å²) in [7, 11) is -2.53. The van der Waals surface area contributed by atoms with E-state index in [1.165, 1.54) is 19.2 Å². The van der Waals surface area contributed by atoms with Crippen LogP contribution in [0.2, 0.25) is 0 Å². The molecular weight excluding hydrogens is 512 g/mol. The molecule has 3 aromatic rings. The van der Waals surface area contributed by atoms with Crippen LogP contribution in [0, 0.1) is 17.4 Å². The fraction of sp³-hybridized carbons (Fsp3) is 0.286. The lowest BCUT2D eigenvalue weighted by Gasteiger charge is -2.17. The fourth-order valence-corrected chi connectivity index (χ4v) is 5.39. The molecule has 0 amide bonds. The molecule has 0 saturated heterocycles. The highest BCUT2D eigenvalue weighted by Crippen LogP contribution is 2.47. The third-order valence-electron chi connectivity index (χ3n) is 5.93. The van der Waals surface area contributed by atoms with Crippen molar-refractivity contribution in [1.82, 2.24) is 4.98 Å². The second-order valence-electron chi connectivity index (χ2n) is 9.04. The first-order chi connectivity index (χ1) is 18.1. The summed E-state index contributed by atoms with van der Waals surface area (Å²) in [6.45, 7) is 3.97. The molecule has 198 valence electrons.